The highest BCUT2D eigenvalue weighted by atomic mass is 16.5. The summed E-state index contributed by atoms with van der Waals surface area (Å²) in [5.41, 5.74) is -0.336. The highest BCUT2D eigenvalue weighted by molar-refractivity contribution is 5.86. The fraction of sp³-hybridized carbons (Fsp3) is 0.500. The number of carbonyl (C=O) groups is 2. The van der Waals surface area contributed by atoms with Gasteiger partial charge in [0, 0.05) is 5.92 Å². The summed E-state index contributed by atoms with van der Waals surface area (Å²) in [7, 11) is 1.27. The molecule has 1 fully saturated rings. The Balaban J connectivity index is 2.23. The number of aliphatic carboxylic acids is 1. The monoisotopic (exact) mass is 238 g/mol. The normalized spacial score (nSPS) is 25.4. The van der Waals surface area contributed by atoms with Gasteiger partial charge < -0.3 is 14.3 Å². The average molecular weight is 238 g/mol. The van der Waals surface area contributed by atoms with Gasteiger partial charge in [-0.05, 0) is 17.5 Å². The third kappa shape index (κ3) is 1.71. The van der Waals surface area contributed by atoms with E-state index < -0.39 is 17.9 Å². The molecule has 1 saturated carbocycles. The summed E-state index contributed by atoms with van der Waals surface area (Å²) < 4.78 is 9.87. The van der Waals surface area contributed by atoms with Gasteiger partial charge in [0.2, 0.25) is 5.76 Å². The van der Waals surface area contributed by atoms with Gasteiger partial charge in [0.25, 0.3) is 0 Å². The fourth-order valence-corrected chi connectivity index (χ4v) is 2.36. The molecule has 2 rings (SSSR count). The van der Waals surface area contributed by atoms with Crippen LogP contribution in [0.15, 0.2) is 16.5 Å². The number of furan rings is 1. The summed E-state index contributed by atoms with van der Waals surface area (Å²) in [5.74, 6) is -1.40. The summed E-state index contributed by atoms with van der Waals surface area (Å²) in [5, 5.41) is 9.05. The molecule has 1 aromatic heterocycles. The molecule has 17 heavy (non-hydrogen) atoms. The maximum Gasteiger partial charge on any atom is 0.373 e. The van der Waals surface area contributed by atoms with E-state index in [1.165, 1.54) is 13.2 Å². The zero-order chi connectivity index (χ0) is 12.8. The summed E-state index contributed by atoms with van der Waals surface area (Å²) >= 11 is 0. The van der Waals surface area contributed by atoms with Crippen LogP contribution in [0.4, 0.5) is 0 Å². The molecule has 0 radical (unpaired) electrons. The molecular formula is C12H14O5. The summed E-state index contributed by atoms with van der Waals surface area (Å²) in [4.78, 5) is 22.2. The molecule has 0 aliphatic heterocycles. The molecule has 0 amide bonds. The number of carboxylic acid groups (broad SMARTS) is 1. The number of rotatable bonds is 3. The quantitative estimate of drug-likeness (QED) is 0.813. The molecule has 1 aliphatic carbocycles. The van der Waals surface area contributed by atoms with Gasteiger partial charge in [-0.3, -0.25) is 4.79 Å². The Morgan fingerprint density at radius 2 is 2.06 bits per heavy atom. The minimum absolute atomic E-state index is 0.106. The van der Waals surface area contributed by atoms with Gasteiger partial charge in [-0.15, -0.1) is 0 Å². The van der Waals surface area contributed by atoms with E-state index in [0.29, 0.717) is 5.76 Å². The number of carboxylic acids is 1. The topological polar surface area (TPSA) is 76.7 Å². The maximum atomic E-state index is 11.2. The molecule has 2 unspecified atom stereocenters. The van der Waals surface area contributed by atoms with Crippen LogP contribution in [0.3, 0.4) is 0 Å². The van der Waals surface area contributed by atoms with E-state index in [0.717, 1.165) is 0 Å². The lowest BCUT2D eigenvalue weighted by Gasteiger charge is -1.98. The van der Waals surface area contributed by atoms with Gasteiger partial charge in [0.15, 0.2) is 0 Å². The molecule has 5 heteroatoms. The van der Waals surface area contributed by atoms with Crippen molar-refractivity contribution >= 4 is 11.9 Å². The molecule has 0 spiro atoms. The van der Waals surface area contributed by atoms with Gasteiger partial charge in [-0.2, -0.15) is 0 Å². The first-order chi connectivity index (χ1) is 7.89. The third-order valence-corrected chi connectivity index (χ3v) is 3.41. The highest BCUT2D eigenvalue weighted by Gasteiger charge is 2.64. The molecule has 1 aromatic rings. The lowest BCUT2D eigenvalue weighted by atomic mass is 10.1. The summed E-state index contributed by atoms with van der Waals surface area (Å²) in [6, 6.07) is 3.15. The van der Waals surface area contributed by atoms with Gasteiger partial charge in [-0.25, -0.2) is 4.79 Å². The second-order valence-electron chi connectivity index (χ2n) is 4.81. The number of carbonyl (C=O) groups excluding carboxylic acids is 1. The number of hydrogen-bond donors (Lipinski definition) is 1. The third-order valence-electron chi connectivity index (χ3n) is 3.41. The average Bonchev–Trinajstić information content (AvgIpc) is 2.64. The molecule has 1 N–H and O–H groups in total. The predicted molar refractivity (Wildman–Crippen MR) is 57.7 cm³/mol. The molecule has 0 bridgehead atoms. The first-order valence-electron chi connectivity index (χ1n) is 5.30. The van der Waals surface area contributed by atoms with E-state index in [1.807, 2.05) is 13.8 Å². The van der Waals surface area contributed by atoms with Gasteiger partial charge in [0.1, 0.15) is 5.76 Å². The van der Waals surface area contributed by atoms with E-state index in [9.17, 15) is 9.59 Å². The Morgan fingerprint density at radius 3 is 2.53 bits per heavy atom. The van der Waals surface area contributed by atoms with Crippen molar-refractivity contribution in [3.63, 3.8) is 0 Å². The molecule has 2 atom stereocenters. The van der Waals surface area contributed by atoms with E-state index in [-0.39, 0.29) is 17.1 Å². The molecule has 0 aromatic carbocycles. The van der Waals surface area contributed by atoms with Crippen molar-refractivity contribution in [2.45, 2.75) is 19.8 Å². The second kappa shape index (κ2) is 3.61. The van der Waals surface area contributed by atoms with Crippen LogP contribution in [-0.2, 0) is 9.53 Å². The van der Waals surface area contributed by atoms with Crippen LogP contribution in [0, 0.1) is 11.3 Å². The number of methoxy groups -OCH3 is 1. The summed E-state index contributed by atoms with van der Waals surface area (Å²) in [6.07, 6.45) is 0. The first kappa shape index (κ1) is 11.7. The van der Waals surface area contributed by atoms with Crippen LogP contribution >= 0.6 is 0 Å². The smallest absolute Gasteiger partial charge is 0.373 e. The second-order valence-corrected chi connectivity index (χ2v) is 4.81. The van der Waals surface area contributed by atoms with Crippen LogP contribution in [0.5, 0.6) is 0 Å². The van der Waals surface area contributed by atoms with Crippen LogP contribution in [0.25, 0.3) is 0 Å². The van der Waals surface area contributed by atoms with Crippen molar-refractivity contribution in [1.29, 1.82) is 0 Å². The molecule has 92 valence electrons. The molecule has 1 aliphatic rings. The van der Waals surface area contributed by atoms with Crippen molar-refractivity contribution in [1.82, 2.24) is 0 Å². The van der Waals surface area contributed by atoms with E-state index >= 15 is 0 Å². The Kier molecular flexibility index (Phi) is 2.49. The molecule has 1 heterocycles. The predicted octanol–water partition coefficient (Wildman–Crippen LogP) is 1.89. The number of hydrogen-bond acceptors (Lipinski definition) is 4. The Bertz CT molecular complexity index is 471. The minimum atomic E-state index is -0.837. The largest absolute Gasteiger partial charge is 0.481 e. The van der Waals surface area contributed by atoms with Crippen molar-refractivity contribution in [3.8, 4) is 0 Å². The van der Waals surface area contributed by atoms with Crippen LogP contribution in [0.2, 0.25) is 0 Å². The number of ether oxygens (including phenoxy) is 1. The Labute approximate surface area is 98.4 Å². The zero-order valence-corrected chi connectivity index (χ0v) is 9.89. The van der Waals surface area contributed by atoms with Crippen LogP contribution < -0.4 is 0 Å². The molecule has 0 saturated heterocycles. The maximum absolute atomic E-state index is 11.2. The highest BCUT2D eigenvalue weighted by Crippen LogP contribution is 2.64. The van der Waals surface area contributed by atoms with Gasteiger partial charge in [-0.1, -0.05) is 13.8 Å². The first-order valence-corrected chi connectivity index (χ1v) is 5.30. The van der Waals surface area contributed by atoms with Crippen molar-refractivity contribution < 1.29 is 23.8 Å². The van der Waals surface area contributed by atoms with Crippen molar-refractivity contribution in [2.75, 3.05) is 7.11 Å². The van der Waals surface area contributed by atoms with Crippen molar-refractivity contribution in [2.24, 2.45) is 11.3 Å². The lowest BCUT2D eigenvalue weighted by molar-refractivity contribution is -0.139. The van der Waals surface area contributed by atoms with Crippen LogP contribution in [-0.4, -0.2) is 24.2 Å². The van der Waals surface area contributed by atoms with E-state index in [1.54, 1.807) is 6.07 Å². The van der Waals surface area contributed by atoms with E-state index in [4.69, 9.17) is 9.52 Å². The lowest BCUT2D eigenvalue weighted by Crippen LogP contribution is -2.03. The van der Waals surface area contributed by atoms with Crippen molar-refractivity contribution in [3.05, 3.63) is 23.7 Å². The van der Waals surface area contributed by atoms with E-state index in [2.05, 4.69) is 4.74 Å². The van der Waals surface area contributed by atoms with Crippen LogP contribution in [0.1, 0.15) is 36.1 Å². The van der Waals surface area contributed by atoms with Gasteiger partial charge in [0.05, 0.1) is 13.0 Å². The summed E-state index contributed by atoms with van der Waals surface area (Å²) in [6.45, 7) is 3.74. The standard InChI is InChI=1S/C12H14O5/c1-12(2)8(9(12)10(13)14)6-4-5-7(17-6)11(15)16-3/h4-5,8-9H,1-3H3,(H,13,14). The SMILES string of the molecule is COC(=O)c1ccc(C2C(C(=O)O)C2(C)C)o1. The number of esters is 1. The fourth-order valence-electron chi connectivity index (χ4n) is 2.36. The molecular weight excluding hydrogens is 224 g/mol. The Morgan fingerprint density at radius 1 is 1.41 bits per heavy atom. The molecule has 5 nitrogen and oxygen atoms in total. The Hall–Kier alpha value is -1.78. The minimum Gasteiger partial charge on any atom is -0.481 e. The zero-order valence-electron chi connectivity index (χ0n) is 9.89. The van der Waals surface area contributed by atoms with Gasteiger partial charge >= 0.3 is 11.9 Å².